The number of nitrogens with zero attached hydrogens (tertiary/aromatic N) is 3. The van der Waals surface area contributed by atoms with Crippen molar-refractivity contribution in [1.82, 2.24) is 14.7 Å². The molecule has 0 saturated carbocycles. The second-order valence-corrected chi connectivity index (χ2v) is 8.77. The number of hydrogen-bond donors (Lipinski definition) is 1. The van der Waals surface area contributed by atoms with E-state index < -0.39 is 17.7 Å². The Hall–Kier alpha value is -2.85. The SMILES string of the molecule is CCc1nn(-c2ccccc2)c(Oc2ccc(F)cc2F)c1CN(CCOC)C[C@H](O)COC(C)C. The first-order chi connectivity index (χ1) is 17.3. The molecule has 1 atom stereocenters. The van der Waals surface area contributed by atoms with E-state index in [1.807, 2.05) is 56.0 Å². The van der Waals surface area contributed by atoms with Crippen LogP contribution in [0.25, 0.3) is 5.69 Å². The van der Waals surface area contributed by atoms with Crippen molar-refractivity contribution in [2.24, 2.45) is 0 Å². The van der Waals surface area contributed by atoms with Crippen molar-refractivity contribution in [2.45, 2.75) is 45.9 Å². The minimum Gasteiger partial charge on any atom is -0.435 e. The summed E-state index contributed by atoms with van der Waals surface area (Å²) in [5, 5.41) is 15.3. The maximum Gasteiger partial charge on any atom is 0.227 e. The fraction of sp³-hybridized carbons (Fsp3) is 0.444. The van der Waals surface area contributed by atoms with Gasteiger partial charge in [-0.2, -0.15) is 5.10 Å². The summed E-state index contributed by atoms with van der Waals surface area (Å²) >= 11 is 0. The molecule has 0 bridgehead atoms. The molecule has 1 N–H and O–H groups in total. The Balaban J connectivity index is 2.00. The lowest BCUT2D eigenvalue weighted by Crippen LogP contribution is -2.37. The molecular formula is C27H35F2N3O4. The van der Waals surface area contributed by atoms with Crippen LogP contribution in [-0.4, -0.2) is 65.4 Å². The summed E-state index contributed by atoms with van der Waals surface area (Å²) in [6.07, 6.45) is -0.0972. The predicted molar refractivity (Wildman–Crippen MR) is 134 cm³/mol. The van der Waals surface area contributed by atoms with Crippen LogP contribution in [0.15, 0.2) is 48.5 Å². The molecule has 0 unspecified atom stereocenters. The van der Waals surface area contributed by atoms with Crippen molar-refractivity contribution < 1.29 is 28.1 Å². The van der Waals surface area contributed by atoms with Gasteiger partial charge in [0.15, 0.2) is 11.6 Å². The fourth-order valence-electron chi connectivity index (χ4n) is 3.77. The van der Waals surface area contributed by atoms with Crippen molar-refractivity contribution >= 4 is 0 Å². The number of aliphatic hydroxyl groups excluding tert-OH is 1. The topological polar surface area (TPSA) is 69.0 Å². The van der Waals surface area contributed by atoms with Crippen molar-refractivity contribution in [3.8, 4) is 17.3 Å². The quantitative estimate of drug-likeness (QED) is 0.343. The molecule has 0 aliphatic rings. The van der Waals surface area contributed by atoms with Gasteiger partial charge >= 0.3 is 0 Å². The third kappa shape index (κ3) is 7.57. The van der Waals surface area contributed by atoms with Gasteiger partial charge in [0, 0.05) is 32.8 Å². The van der Waals surface area contributed by atoms with Crippen molar-refractivity contribution in [3.05, 3.63) is 71.4 Å². The molecule has 1 heterocycles. The highest BCUT2D eigenvalue weighted by atomic mass is 19.1. The first-order valence-corrected chi connectivity index (χ1v) is 12.1. The number of rotatable bonds is 14. The van der Waals surface area contributed by atoms with E-state index in [1.165, 1.54) is 6.07 Å². The molecule has 1 aromatic heterocycles. The number of aliphatic hydroxyl groups is 1. The second-order valence-electron chi connectivity index (χ2n) is 8.77. The first-order valence-electron chi connectivity index (χ1n) is 12.1. The maximum absolute atomic E-state index is 14.6. The van der Waals surface area contributed by atoms with Crippen LogP contribution in [0.3, 0.4) is 0 Å². The lowest BCUT2D eigenvalue weighted by Gasteiger charge is -2.25. The van der Waals surface area contributed by atoms with Gasteiger partial charge in [-0.1, -0.05) is 25.1 Å². The fourth-order valence-corrected chi connectivity index (χ4v) is 3.77. The molecule has 0 saturated heterocycles. The highest BCUT2D eigenvalue weighted by Gasteiger charge is 2.24. The minimum absolute atomic E-state index is 0.00785. The molecule has 0 fully saturated rings. The summed E-state index contributed by atoms with van der Waals surface area (Å²) in [6.45, 7) is 7.71. The Labute approximate surface area is 211 Å². The summed E-state index contributed by atoms with van der Waals surface area (Å²) < 4.78 is 46.6. The third-order valence-corrected chi connectivity index (χ3v) is 5.54. The van der Waals surface area contributed by atoms with Gasteiger partial charge in [-0.05, 0) is 44.5 Å². The van der Waals surface area contributed by atoms with Gasteiger partial charge in [0.2, 0.25) is 5.88 Å². The van der Waals surface area contributed by atoms with E-state index >= 15 is 0 Å². The Kier molecular flexibility index (Phi) is 10.4. The van der Waals surface area contributed by atoms with Crippen molar-refractivity contribution in [1.29, 1.82) is 0 Å². The van der Waals surface area contributed by atoms with Crippen LogP contribution in [-0.2, 0) is 22.4 Å². The molecule has 7 nitrogen and oxygen atoms in total. The summed E-state index contributed by atoms with van der Waals surface area (Å²) in [5.74, 6) is -1.27. The van der Waals surface area contributed by atoms with E-state index in [0.29, 0.717) is 38.5 Å². The molecule has 2 aromatic carbocycles. The number of aryl methyl sites for hydroxylation is 1. The Morgan fingerprint density at radius 3 is 2.50 bits per heavy atom. The Morgan fingerprint density at radius 2 is 1.86 bits per heavy atom. The van der Waals surface area contributed by atoms with E-state index in [-0.39, 0.29) is 18.5 Å². The monoisotopic (exact) mass is 503 g/mol. The standard InChI is InChI=1S/C27H35F2N3O4/c1-5-25-23(17-31(13-14-34-4)16-22(33)18-35-19(2)3)27(32(30-25)21-9-7-6-8-10-21)36-26-12-11-20(28)15-24(26)29/h6-12,15,19,22,33H,5,13-14,16-18H2,1-4H3/t22-/m0/s1. The van der Waals surface area contributed by atoms with Crippen molar-refractivity contribution in [2.75, 3.05) is 33.4 Å². The van der Waals surface area contributed by atoms with Crippen LogP contribution in [0.5, 0.6) is 11.6 Å². The van der Waals surface area contributed by atoms with Gasteiger partial charge < -0.3 is 19.3 Å². The van der Waals surface area contributed by atoms with E-state index in [2.05, 4.69) is 0 Å². The summed E-state index contributed by atoms with van der Waals surface area (Å²) in [6, 6.07) is 12.6. The zero-order valence-electron chi connectivity index (χ0n) is 21.3. The zero-order valence-corrected chi connectivity index (χ0v) is 21.3. The summed E-state index contributed by atoms with van der Waals surface area (Å²) in [5.41, 5.74) is 2.26. The highest BCUT2D eigenvalue weighted by Crippen LogP contribution is 2.33. The smallest absolute Gasteiger partial charge is 0.227 e. The van der Waals surface area contributed by atoms with E-state index in [4.69, 9.17) is 19.3 Å². The second kappa shape index (κ2) is 13.5. The predicted octanol–water partition coefficient (Wildman–Crippen LogP) is 4.74. The lowest BCUT2D eigenvalue weighted by molar-refractivity contribution is -0.0122. The molecular weight excluding hydrogens is 468 g/mol. The molecule has 0 aliphatic heterocycles. The molecule has 3 rings (SSSR count). The van der Waals surface area contributed by atoms with Crippen molar-refractivity contribution in [3.63, 3.8) is 0 Å². The summed E-state index contributed by atoms with van der Waals surface area (Å²) in [4.78, 5) is 2.03. The Morgan fingerprint density at radius 1 is 1.11 bits per heavy atom. The van der Waals surface area contributed by atoms with Crippen LogP contribution in [0.2, 0.25) is 0 Å². The van der Waals surface area contributed by atoms with Gasteiger partial charge in [0.05, 0.1) is 42.4 Å². The van der Waals surface area contributed by atoms with Gasteiger partial charge in [-0.25, -0.2) is 13.5 Å². The third-order valence-electron chi connectivity index (χ3n) is 5.54. The number of ether oxygens (including phenoxy) is 3. The molecule has 3 aromatic rings. The largest absolute Gasteiger partial charge is 0.435 e. The molecule has 0 radical (unpaired) electrons. The van der Waals surface area contributed by atoms with Gasteiger partial charge in [-0.15, -0.1) is 0 Å². The summed E-state index contributed by atoms with van der Waals surface area (Å²) in [7, 11) is 1.62. The van der Waals surface area contributed by atoms with Gasteiger partial charge in [0.1, 0.15) is 5.82 Å². The molecule has 9 heteroatoms. The van der Waals surface area contributed by atoms with Crippen LogP contribution in [0.4, 0.5) is 8.78 Å². The van der Waals surface area contributed by atoms with E-state index in [0.717, 1.165) is 29.1 Å². The molecule has 0 spiro atoms. The maximum atomic E-state index is 14.6. The molecule has 196 valence electrons. The molecule has 0 amide bonds. The number of para-hydroxylation sites is 1. The number of methoxy groups -OCH3 is 1. The average molecular weight is 504 g/mol. The number of aromatic nitrogens is 2. The number of hydrogen-bond acceptors (Lipinski definition) is 6. The van der Waals surface area contributed by atoms with Gasteiger partial charge in [0.25, 0.3) is 0 Å². The normalized spacial score (nSPS) is 12.5. The molecule has 0 aliphatic carbocycles. The number of benzene rings is 2. The highest BCUT2D eigenvalue weighted by molar-refractivity contribution is 5.44. The van der Waals surface area contributed by atoms with Crippen LogP contribution in [0, 0.1) is 11.6 Å². The average Bonchev–Trinajstić information content (AvgIpc) is 3.20. The zero-order chi connectivity index (χ0) is 26.1. The van der Waals surface area contributed by atoms with Crippen LogP contribution >= 0.6 is 0 Å². The number of halogens is 2. The minimum atomic E-state index is -0.808. The Bertz CT molecular complexity index is 1090. The van der Waals surface area contributed by atoms with Crippen LogP contribution < -0.4 is 4.74 Å². The van der Waals surface area contributed by atoms with E-state index in [9.17, 15) is 13.9 Å². The lowest BCUT2D eigenvalue weighted by atomic mass is 10.1. The van der Waals surface area contributed by atoms with Gasteiger partial charge in [-0.3, -0.25) is 4.90 Å². The van der Waals surface area contributed by atoms with E-state index in [1.54, 1.807) is 11.8 Å². The van der Waals surface area contributed by atoms with Crippen LogP contribution in [0.1, 0.15) is 32.0 Å². The molecule has 36 heavy (non-hydrogen) atoms. The first kappa shape index (κ1) is 27.7.